The molecule has 0 radical (unpaired) electrons. The van der Waals surface area contributed by atoms with Crippen molar-refractivity contribution in [3.8, 4) is 0 Å². The van der Waals surface area contributed by atoms with E-state index in [-0.39, 0.29) is 12.1 Å². The highest BCUT2D eigenvalue weighted by molar-refractivity contribution is 5.71. The van der Waals surface area contributed by atoms with Gasteiger partial charge in [0.2, 0.25) is 0 Å². The van der Waals surface area contributed by atoms with Crippen molar-refractivity contribution in [1.29, 1.82) is 0 Å². The minimum absolute atomic E-state index is 0.201. The Morgan fingerprint density at radius 1 is 1.23 bits per heavy atom. The van der Waals surface area contributed by atoms with Crippen molar-refractivity contribution < 1.29 is 9.53 Å². The number of tetrazole rings is 1. The first kappa shape index (κ1) is 22.2. The van der Waals surface area contributed by atoms with Gasteiger partial charge in [-0.1, -0.05) is 19.1 Å². The zero-order valence-electron chi connectivity index (χ0n) is 19.7. The molecule has 31 heavy (non-hydrogen) atoms. The molecule has 2 atom stereocenters. The lowest BCUT2D eigenvalue weighted by Crippen LogP contribution is -2.57. The molecule has 2 saturated carbocycles. The summed E-state index contributed by atoms with van der Waals surface area (Å²) in [5, 5.41) is 16.8. The first-order chi connectivity index (χ1) is 14.7. The SMILES string of the molecule is CC1CCC(NC(c2nnnn2C2CCC2)C2(C)C=CCN2C(=O)OC(C)(C)C)CC1. The molecule has 0 saturated heterocycles. The van der Waals surface area contributed by atoms with Crippen LogP contribution in [0.2, 0.25) is 0 Å². The second-order valence-electron chi connectivity index (χ2n) is 10.8. The molecule has 1 amide bonds. The van der Waals surface area contributed by atoms with Crippen LogP contribution in [-0.4, -0.2) is 54.9 Å². The second kappa shape index (κ2) is 8.52. The number of nitrogens with one attached hydrogen (secondary N) is 1. The zero-order chi connectivity index (χ0) is 22.2. The molecule has 1 N–H and O–H groups in total. The van der Waals surface area contributed by atoms with Crippen molar-refractivity contribution in [2.45, 2.75) is 109 Å². The maximum absolute atomic E-state index is 13.1. The number of nitrogens with zero attached hydrogens (tertiary/aromatic N) is 5. The quantitative estimate of drug-likeness (QED) is 0.706. The first-order valence-electron chi connectivity index (χ1n) is 11.9. The Morgan fingerprint density at radius 3 is 2.55 bits per heavy atom. The summed E-state index contributed by atoms with van der Waals surface area (Å²) in [4.78, 5) is 15.0. The molecule has 8 nitrogen and oxygen atoms in total. The molecular formula is C23H38N6O2. The van der Waals surface area contributed by atoms with Gasteiger partial charge in [-0.05, 0) is 89.0 Å². The van der Waals surface area contributed by atoms with Gasteiger partial charge >= 0.3 is 6.09 Å². The van der Waals surface area contributed by atoms with Crippen LogP contribution >= 0.6 is 0 Å². The summed E-state index contributed by atoms with van der Waals surface area (Å²) in [6, 6.07) is 0.538. The van der Waals surface area contributed by atoms with E-state index < -0.39 is 11.1 Å². The van der Waals surface area contributed by atoms with Gasteiger partial charge in [0, 0.05) is 12.6 Å². The largest absolute Gasteiger partial charge is 0.444 e. The molecule has 0 aromatic carbocycles. The highest BCUT2D eigenvalue weighted by Crippen LogP contribution is 2.40. The van der Waals surface area contributed by atoms with Gasteiger partial charge in [0.15, 0.2) is 5.82 Å². The maximum Gasteiger partial charge on any atom is 0.411 e. The van der Waals surface area contributed by atoms with Gasteiger partial charge in [-0.15, -0.1) is 5.10 Å². The third-order valence-corrected chi connectivity index (χ3v) is 7.14. The number of carbonyl (C=O) groups is 1. The Bertz CT molecular complexity index is 803. The molecule has 0 bridgehead atoms. The van der Waals surface area contributed by atoms with Crippen LogP contribution in [0.3, 0.4) is 0 Å². The van der Waals surface area contributed by atoms with Crippen molar-refractivity contribution in [1.82, 2.24) is 30.4 Å². The molecular weight excluding hydrogens is 392 g/mol. The number of hydrogen-bond acceptors (Lipinski definition) is 6. The van der Waals surface area contributed by atoms with Gasteiger partial charge in [0.05, 0.1) is 17.6 Å². The van der Waals surface area contributed by atoms with E-state index >= 15 is 0 Å². The van der Waals surface area contributed by atoms with Gasteiger partial charge in [-0.25, -0.2) is 9.48 Å². The van der Waals surface area contributed by atoms with Crippen LogP contribution in [0.5, 0.6) is 0 Å². The monoisotopic (exact) mass is 430 g/mol. The fraction of sp³-hybridized carbons (Fsp3) is 0.826. The smallest absolute Gasteiger partial charge is 0.411 e. The van der Waals surface area contributed by atoms with Crippen LogP contribution in [0.25, 0.3) is 0 Å². The van der Waals surface area contributed by atoms with Crippen molar-refractivity contribution in [2.75, 3.05) is 6.54 Å². The Labute approximate surface area is 185 Å². The number of amides is 1. The fourth-order valence-electron chi connectivity index (χ4n) is 4.97. The van der Waals surface area contributed by atoms with Crippen molar-refractivity contribution in [2.24, 2.45) is 5.92 Å². The van der Waals surface area contributed by atoms with E-state index in [9.17, 15) is 4.79 Å². The maximum atomic E-state index is 13.1. The summed E-state index contributed by atoms with van der Waals surface area (Å²) in [5.41, 5.74) is -1.15. The van der Waals surface area contributed by atoms with Crippen LogP contribution in [-0.2, 0) is 4.74 Å². The van der Waals surface area contributed by atoms with Gasteiger partial charge < -0.3 is 10.1 Å². The molecule has 4 rings (SSSR count). The van der Waals surface area contributed by atoms with Crippen LogP contribution in [0, 0.1) is 5.92 Å². The van der Waals surface area contributed by atoms with E-state index in [1.54, 1.807) is 0 Å². The van der Waals surface area contributed by atoms with Gasteiger partial charge in [0.25, 0.3) is 0 Å². The number of ether oxygens (including phenoxy) is 1. The minimum Gasteiger partial charge on any atom is -0.444 e. The van der Waals surface area contributed by atoms with E-state index in [0.29, 0.717) is 18.6 Å². The average Bonchev–Trinajstić information content (AvgIpc) is 3.26. The van der Waals surface area contributed by atoms with Crippen LogP contribution in [0.15, 0.2) is 12.2 Å². The van der Waals surface area contributed by atoms with Crippen molar-refractivity contribution in [3.05, 3.63) is 18.0 Å². The van der Waals surface area contributed by atoms with E-state index in [1.807, 2.05) is 30.4 Å². The molecule has 172 valence electrons. The summed E-state index contributed by atoms with van der Waals surface area (Å²) in [6.07, 6.45) is 12.0. The Morgan fingerprint density at radius 2 is 1.94 bits per heavy atom. The lowest BCUT2D eigenvalue weighted by Gasteiger charge is -2.43. The molecule has 1 aromatic rings. The summed E-state index contributed by atoms with van der Waals surface area (Å²) in [6.45, 7) is 10.7. The standard InChI is InChI=1S/C23H38N6O2/c1-16-10-12-17(13-11-16)24-19(20-25-26-27-29(20)18-8-6-9-18)23(5)14-7-15-28(23)21(30)31-22(2,3)4/h7,14,16-19,24H,6,8-13,15H2,1-5H3. The number of rotatable bonds is 5. The van der Waals surface area contributed by atoms with Crippen LogP contribution in [0.1, 0.15) is 97.5 Å². The molecule has 1 aromatic heterocycles. The normalized spacial score (nSPS) is 30.3. The van der Waals surface area contributed by atoms with Gasteiger partial charge in [0.1, 0.15) is 5.60 Å². The fourth-order valence-corrected chi connectivity index (χ4v) is 4.97. The van der Waals surface area contributed by atoms with Crippen molar-refractivity contribution in [3.63, 3.8) is 0 Å². The van der Waals surface area contributed by atoms with Gasteiger partial charge in [-0.2, -0.15) is 0 Å². The first-order valence-corrected chi connectivity index (χ1v) is 11.9. The number of carbonyl (C=O) groups excluding carboxylic acids is 1. The predicted molar refractivity (Wildman–Crippen MR) is 118 cm³/mol. The molecule has 2 unspecified atom stereocenters. The predicted octanol–water partition coefficient (Wildman–Crippen LogP) is 4.17. The summed E-state index contributed by atoms with van der Waals surface area (Å²) in [5.74, 6) is 1.60. The summed E-state index contributed by atoms with van der Waals surface area (Å²) >= 11 is 0. The lowest BCUT2D eigenvalue weighted by atomic mass is 9.84. The number of hydrogen-bond donors (Lipinski definition) is 1. The Hall–Kier alpha value is -1.96. The highest BCUT2D eigenvalue weighted by Gasteiger charge is 2.48. The molecule has 2 aliphatic carbocycles. The van der Waals surface area contributed by atoms with E-state index in [2.05, 4.69) is 46.8 Å². The molecule has 3 aliphatic rings. The van der Waals surface area contributed by atoms with Crippen LogP contribution < -0.4 is 5.32 Å². The average molecular weight is 431 g/mol. The zero-order valence-corrected chi connectivity index (χ0v) is 19.7. The van der Waals surface area contributed by atoms with E-state index in [1.165, 1.54) is 19.3 Å². The Kier molecular flexibility index (Phi) is 6.12. The molecule has 2 fully saturated rings. The van der Waals surface area contributed by atoms with Crippen LogP contribution in [0.4, 0.5) is 4.79 Å². The third-order valence-electron chi connectivity index (χ3n) is 7.14. The molecule has 1 aliphatic heterocycles. The number of aromatic nitrogens is 4. The minimum atomic E-state index is -0.610. The Balaban J connectivity index is 1.65. The summed E-state index contributed by atoms with van der Waals surface area (Å²) in [7, 11) is 0. The second-order valence-corrected chi connectivity index (χ2v) is 10.8. The topological polar surface area (TPSA) is 85.2 Å². The van der Waals surface area contributed by atoms with Gasteiger partial charge in [-0.3, -0.25) is 4.90 Å². The third kappa shape index (κ3) is 4.64. The lowest BCUT2D eigenvalue weighted by molar-refractivity contribution is 0.00623. The summed E-state index contributed by atoms with van der Waals surface area (Å²) < 4.78 is 7.76. The van der Waals surface area contributed by atoms with E-state index in [4.69, 9.17) is 4.74 Å². The molecule has 2 heterocycles. The highest BCUT2D eigenvalue weighted by atomic mass is 16.6. The molecule has 8 heteroatoms. The molecule has 0 spiro atoms. The van der Waals surface area contributed by atoms with Crippen molar-refractivity contribution >= 4 is 6.09 Å². The van der Waals surface area contributed by atoms with E-state index in [0.717, 1.165) is 37.4 Å².